The number of nitrogens with two attached hydrogens (primary N) is 1. The molecule has 5 nitrogen and oxygen atoms in total. The Morgan fingerprint density at radius 1 is 1.19 bits per heavy atom. The van der Waals surface area contributed by atoms with E-state index in [2.05, 4.69) is 38.5 Å². The maximum Gasteiger partial charge on any atom is 0.191 e. The van der Waals surface area contributed by atoms with Crippen LogP contribution in [0.3, 0.4) is 0 Å². The summed E-state index contributed by atoms with van der Waals surface area (Å²) in [6, 6.07) is 15.9. The highest BCUT2D eigenvalue weighted by Gasteiger charge is 2.15. The lowest BCUT2D eigenvalue weighted by Gasteiger charge is -2.10. The normalized spacial score (nSPS) is 12.0. The first-order chi connectivity index (χ1) is 13.1. The number of fused-ring (bicyclic) bond motifs is 1. The van der Waals surface area contributed by atoms with Gasteiger partial charge < -0.3 is 5.73 Å². The van der Waals surface area contributed by atoms with Crippen molar-refractivity contribution in [3.63, 3.8) is 0 Å². The summed E-state index contributed by atoms with van der Waals surface area (Å²) in [6.07, 6.45) is 1.92. The SMILES string of the molecule is CC(Sc1nc(N)cc(C#N)n1)c1cc2c(-c3ccccc3)csc2cn1. The van der Waals surface area contributed by atoms with Gasteiger partial charge in [-0.3, -0.25) is 4.98 Å². The molecule has 7 heteroatoms. The molecular weight excluding hydrogens is 374 g/mol. The molecule has 4 aromatic rings. The number of anilines is 1. The van der Waals surface area contributed by atoms with Crippen molar-refractivity contribution in [2.24, 2.45) is 0 Å². The summed E-state index contributed by atoms with van der Waals surface area (Å²) in [5.74, 6) is 0.295. The van der Waals surface area contributed by atoms with E-state index in [4.69, 9.17) is 11.0 Å². The van der Waals surface area contributed by atoms with Crippen LogP contribution in [0.4, 0.5) is 5.82 Å². The highest BCUT2D eigenvalue weighted by molar-refractivity contribution is 7.99. The van der Waals surface area contributed by atoms with Crippen molar-refractivity contribution in [3.05, 3.63) is 65.4 Å². The molecule has 2 N–H and O–H groups in total. The fourth-order valence-electron chi connectivity index (χ4n) is 2.78. The predicted octanol–water partition coefficient (Wildman–Crippen LogP) is 5.06. The average molecular weight is 390 g/mol. The molecule has 0 spiro atoms. The van der Waals surface area contributed by atoms with Crippen LogP contribution in [0, 0.1) is 11.3 Å². The van der Waals surface area contributed by atoms with E-state index in [-0.39, 0.29) is 10.9 Å². The maximum atomic E-state index is 9.05. The van der Waals surface area contributed by atoms with Gasteiger partial charge in [0.05, 0.1) is 15.6 Å². The van der Waals surface area contributed by atoms with Crippen LogP contribution in [-0.2, 0) is 0 Å². The molecule has 3 heterocycles. The second-order valence-electron chi connectivity index (χ2n) is 5.95. The second kappa shape index (κ2) is 7.35. The largest absolute Gasteiger partial charge is 0.384 e. The first kappa shape index (κ1) is 17.5. The second-order valence-corrected chi connectivity index (χ2v) is 8.17. The molecule has 1 atom stereocenters. The van der Waals surface area contributed by atoms with E-state index >= 15 is 0 Å². The minimum absolute atomic E-state index is 0.0197. The van der Waals surface area contributed by atoms with Crippen molar-refractivity contribution in [1.29, 1.82) is 5.26 Å². The lowest BCUT2D eigenvalue weighted by molar-refractivity contribution is 0.937. The molecule has 0 fully saturated rings. The fourth-order valence-corrected chi connectivity index (χ4v) is 4.58. The summed E-state index contributed by atoms with van der Waals surface area (Å²) in [4.78, 5) is 13.1. The quantitative estimate of drug-likeness (QED) is 0.388. The molecule has 0 saturated heterocycles. The Labute approximate surface area is 164 Å². The number of nitriles is 1. The van der Waals surface area contributed by atoms with E-state index < -0.39 is 0 Å². The van der Waals surface area contributed by atoms with Crippen molar-refractivity contribution < 1.29 is 0 Å². The molecule has 0 bridgehead atoms. The third-order valence-corrected chi connectivity index (χ3v) is 6.03. The minimum Gasteiger partial charge on any atom is -0.384 e. The summed E-state index contributed by atoms with van der Waals surface area (Å²) in [5, 5.41) is 12.9. The first-order valence-corrected chi connectivity index (χ1v) is 10.0. The number of nitrogen functional groups attached to an aromatic ring is 1. The number of nitrogens with zero attached hydrogens (tertiary/aromatic N) is 4. The molecule has 0 aliphatic carbocycles. The number of aromatic nitrogens is 3. The molecule has 0 aliphatic heterocycles. The van der Waals surface area contributed by atoms with Gasteiger partial charge in [0.15, 0.2) is 5.16 Å². The zero-order valence-electron chi connectivity index (χ0n) is 14.5. The Morgan fingerprint density at radius 3 is 2.78 bits per heavy atom. The molecule has 0 radical (unpaired) electrons. The number of hydrogen-bond donors (Lipinski definition) is 1. The molecule has 4 rings (SSSR count). The Balaban J connectivity index is 1.68. The first-order valence-electron chi connectivity index (χ1n) is 8.28. The van der Waals surface area contributed by atoms with E-state index in [0.29, 0.717) is 11.0 Å². The summed E-state index contributed by atoms with van der Waals surface area (Å²) < 4.78 is 1.15. The number of pyridine rings is 1. The van der Waals surface area contributed by atoms with Crippen LogP contribution in [0.2, 0.25) is 0 Å². The average Bonchev–Trinajstić information content (AvgIpc) is 3.11. The Hall–Kier alpha value is -2.95. The number of thiophene rings is 1. The molecule has 1 unspecified atom stereocenters. The van der Waals surface area contributed by atoms with Crippen LogP contribution in [0.15, 0.2) is 59.2 Å². The summed E-state index contributed by atoms with van der Waals surface area (Å²) in [5.41, 5.74) is 9.38. The lowest BCUT2D eigenvalue weighted by Crippen LogP contribution is -1.99. The fraction of sp³-hybridized carbons (Fsp3) is 0.100. The highest BCUT2D eigenvalue weighted by atomic mass is 32.2. The van der Waals surface area contributed by atoms with Gasteiger partial charge in [-0.25, -0.2) is 9.97 Å². The standard InChI is InChI=1S/C20H15N5S2/c1-12(27-20-24-14(9-21)7-19(22)25-20)17-8-15-16(11-26-18(15)10-23-17)13-5-3-2-4-6-13/h2-8,10-12H,1H3,(H2,22,24,25). The summed E-state index contributed by atoms with van der Waals surface area (Å²) in [6.45, 7) is 2.05. The molecule has 0 amide bonds. The van der Waals surface area contributed by atoms with Gasteiger partial charge in [-0.2, -0.15) is 5.26 Å². The third kappa shape index (κ3) is 3.63. The molecule has 27 heavy (non-hydrogen) atoms. The van der Waals surface area contributed by atoms with E-state index in [9.17, 15) is 0 Å². The topological polar surface area (TPSA) is 88.5 Å². The van der Waals surface area contributed by atoms with Crippen molar-refractivity contribution in [3.8, 4) is 17.2 Å². The Bertz CT molecular complexity index is 1150. The van der Waals surface area contributed by atoms with E-state index in [1.165, 1.54) is 34.3 Å². The van der Waals surface area contributed by atoms with Crippen LogP contribution in [0.5, 0.6) is 0 Å². The Morgan fingerprint density at radius 2 is 2.00 bits per heavy atom. The minimum atomic E-state index is 0.0197. The lowest BCUT2D eigenvalue weighted by atomic mass is 10.0. The van der Waals surface area contributed by atoms with Crippen molar-refractivity contribution >= 4 is 39.0 Å². The Kier molecular flexibility index (Phi) is 4.75. The van der Waals surface area contributed by atoms with Gasteiger partial charge in [0.2, 0.25) is 0 Å². The maximum absolute atomic E-state index is 9.05. The number of rotatable bonds is 4. The van der Waals surface area contributed by atoms with Crippen molar-refractivity contribution in [1.82, 2.24) is 15.0 Å². The predicted molar refractivity (Wildman–Crippen MR) is 110 cm³/mol. The van der Waals surface area contributed by atoms with Gasteiger partial charge in [-0.15, -0.1) is 11.3 Å². The van der Waals surface area contributed by atoms with Crippen LogP contribution >= 0.6 is 23.1 Å². The summed E-state index contributed by atoms with van der Waals surface area (Å²) >= 11 is 3.13. The van der Waals surface area contributed by atoms with E-state index in [1.54, 1.807) is 11.3 Å². The number of hydrogen-bond acceptors (Lipinski definition) is 7. The molecule has 132 valence electrons. The van der Waals surface area contributed by atoms with Crippen LogP contribution in [-0.4, -0.2) is 15.0 Å². The van der Waals surface area contributed by atoms with Crippen molar-refractivity contribution in [2.45, 2.75) is 17.3 Å². The van der Waals surface area contributed by atoms with Gasteiger partial charge in [-0.05, 0) is 23.9 Å². The van der Waals surface area contributed by atoms with Gasteiger partial charge in [-0.1, -0.05) is 42.1 Å². The van der Waals surface area contributed by atoms with Crippen molar-refractivity contribution in [2.75, 3.05) is 5.73 Å². The molecule has 3 aromatic heterocycles. The number of thioether (sulfide) groups is 1. The van der Waals surface area contributed by atoms with Gasteiger partial charge in [0, 0.05) is 23.2 Å². The van der Waals surface area contributed by atoms with Gasteiger partial charge >= 0.3 is 0 Å². The smallest absolute Gasteiger partial charge is 0.191 e. The van der Waals surface area contributed by atoms with E-state index in [1.807, 2.05) is 37.4 Å². The monoisotopic (exact) mass is 389 g/mol. The van der Waals surface area contributed by atoms with E-state index in [0.717, 1.165) is 10.4 Å². The number of benzene rings is 1. The zero-order chi connectivity index (χ0) is 18.8. The highest BCUT2D eigenvalue weighted by Crippen LogP contribution is 2.38. The molecular formula is C20H15N5S2. The van der Waals surface area contributed by atoms with Gasteiger partial charge in [0.1, 0.15) is 17.6 Å². The third-order valence-electron chi connectivity index (χ3n) is 4.11. The van der Waals surface area contributed by atoms with Crippen LogP contribution in [0.25, 0.3) is 21.2 Å². The van der Waals surface area contributed by atoms with Crippen LogP contribution < -0.4 is 5.73 Å². The molecule has 0 saturated carbocycles. The van der Waals surface area contributed by atoms with Crippen LogP contribution in [0.1, 0.15) is 23.6 Å². The van der Waals surface area contributed by atoms with Gasteiger partial charge in [0.25, 0.3) is 0 Å². The molecule has 1 aromatic carbocycles. The zero-order valence-corrected chi connectivity index (χ0v) is 16.1. The summed E-state index contributed by atoms with van der Waals surface area (Å²) in [7, 11) is 0. The molecule has 0 aliphatic rings.